The molecule has 1 fully saturated rings. The third kappa shape index (κ3) is 2.85. The number of rotatable bonds is 2. The Balaban J connectivity index is 1.85. The van der Waals surface area contributed by atoms with Crippen molar-refractivity contribution >= 4 is 17.2 Å². The summed E-state index contributed by atoms with van der Waals surface area (Å²) >= 11 is 1.51. The van der Waals surface area contributed by atoms with Crippen LogP contribution in [0.5, 0.6) is 0 Å². The van der Waals surface area contributed by atoms with Crippen LogP contribution in [0.2, 0.25) is 0 Å². The lowest BCUT2D eigenvalue weighted by Crippen LogP contribution is -2.38. The zero-order chi connectivity index (χ0) is 11.6. The molecule has 0 aromatic carbocycles. The number of nitrogens with one attached hydrogen (secondary N) is 1. The van der Waals surface area contributed by atoms with Gasteiger partial charge in [0, 0.05) is 6.04 Å². The van der Waals surface area contributed by atoms with Crippen LogP contribution in [0.15, 0.2) is 17.5 Å². The van der Waals surface area contributed by atoms with E-state index in [9.17, 15) is 4.79 Å². The molecule has 0 aliphatic heterocycles. The Morgan fingerprint density at radius 3 is 2.69 bits per heavy atom. The van der Waals surface area contributed by atoms with Crippen LogP contribution in [0.1, 0.15) is 49.2 Å². The molecule has 0 spiro atoms. The molecule has 2 rings (SSSR count). The first-order chi connectivity index (χ1) is 7.57. The summed E-state index contributed by atoms with van der Waals surface area (Å²) < 4.78 is 0. The van der Waals surface area contributed by atoms with Crippen LogP contribution < -0.4 is 5.32 Å². The molecule has 1 aromatic heterocycles. The predicted octanol–water partition coefficient (Wildman–Crippen LogP) is 3.45. The van der Waals surface area contributed by atoms with E-state index in [4.69, 9.17) is 0 Å². The van der Waals surface area contributed by atoms with E-state index in [1.54, 1.807) is 0 Å². The summed E-state index contributed by atoms with van der Waals surface area (Å²) in [4.78, 5) is 12.7. The third-order valence-electron chi connectivity index (χ3n) is 3.42. The van der Waals surface area contributed by atoms with Crippen LogP contribution in [0.3, 0.4) is 0 Å². The van der Waals surface area contributed by atoms with E-state index in [2.05, 4.69) is 19.2 Å². The molecular formula is C13H19NOS. The van der Waals surface area contributed by atoms with Crippen LogP contribution in [-0.2, 0) is 0 Å². The topological polar surface area (TPSA) is 29.1 Å². The normalized spacial score (nSPS) is 20.6. The Hall–Kier alpha value is -0.830. The Bertz CT molecular complexity index is 346. The fourth-order valence-corrected chi connectivity index (χ4v) is 2.83. The van der Waals surface area contributed by atoms with Crippen molar-refractivity contribution in [2.75, 3.05) is 0 Å². The quantitative estimate of drug-likeness (QED) is 0.838. The van der Waals surface area contributed by atoms with Crippen LogP contribution >= 0.6 is 11.3 Å². The van der Waals surface area contributed by atoms with E-state index in [1.165, 1.54) is 24.2 Å². The average molecular weight is 237 g/mol. The second-order valence-corrected chi connectivity index (χ2v) is 6.34. The van der Waals surface area contributed by atoms with Gasteiger partial charge >= 0.3 is 0 Å². The van der Waals surface area contributed by atoms with Gasteiger partial charge in [0.2, 0.25) is 0 Å². The lowest BCUT2D eigenvalue weighted by Gasteiger charge is -2.34. The second-order valence-electron chi connectivity index (χ2n) is 5.39. The molecule has 1 aromatic rings. The average Bonchev–Trinajstić information content (AvgIpc) is 2.74. The highest BCUT2D eigenvalue weighted by molar-refractivity contribution is 7.12. The van der Waals surface area contributed by atoms with Gasteiger partial charge in [-0.3, -0.25) is 4.79 Å². The molecule has 0 unspecified atom stereocenters. The van der Waals surface area contributed by atoms with E-state index in [1.807, 2.05) is 17.5 Å². The summed E-state index contributed by atoms with van der Waals surface area (Å²) in [7, 11) is 0. The zero-order valence-corrected chi connectivity index (χ0v) is 10.8. The summed E-state index contributed by atoms with van der Waals surface area (Å²) in [5.74, 6) is 0.0970. The van der Waals surface area contributed by atoms with Crippen molar-refractivity contribution in [3.8, 4) is 0 Å². The summed E-state index contributed by atoms with van der Waals surface area (Å²) in [5, 5.41) is 5.07. The van der Waals surface area contributed by atoms with Gasteiger partial charge in [-0.2, -0.15) is 0 Å². The molecule has 2 nitrogen and oxygen atoms in total. The maximum absolute atomic E-state index is 11.8. The number of amides is 1. The number of carbonyl (C=O) groups excluding carboxylic acids is 1. The summed E-state index contributed by atoms with van der Waals surface area (Å²) in [6, 6.07) is 4.18. The van der Waals surface area contributed by atoms with Crippen molar-refractivity contribution in [2.24, 2.45) is 5.41 Å². The molecule has 0 radical (unpaired) electrons. The first-order valence-electron chi connectivity index (χ1n) is 5.91. The summed E-state index contributed by atoms with van der Waals surface area (Å²) in [5.41, 5.74) is 0.462. The van der Waals surface area contributed by atoms with E-state index in [0.29, 0.717) is 11.5 Å². The molecule has 88 valence electrons. The number of thiophene rings is 1. The molecule has 1 N–H and O–H groups in total. The third-order valence-corrected chi connectivity index (χ3v) is 4.29. The lowest BCUT2D eigenvalue weighted by molar-refractivity contribution is 0.0913. The van der Waals surface area contributed by atoms with E-state index >= 15 is 0 Å². The fourth-order valence-electron chi connectivity index (χ4n) is 2.21. The molecular weight excluding hydrogens is 218 g/mol. The van der Waals surface area contributed by atoms with Crippen molar-refractivity contribution in [3.63, 3.8) is 0 Å². The SMILES string of the molecule is CC1(C)CCC(NC(=O)c2cccs2)CC1. The molecule has 0 bridgehead atoms. The summed E-state index contributed by atoms with van der Waals surface area (Å²) in [6.45, 7) is 4.62. The van der Waals surface area contributed by atoms with Gasteiger partial charge < -0.3 is 5.32 Å². The second kappa shape index (κ2) is 4.58. The smallest absolute Gasteiger partial charge is 0.261 e. The van der Waals surface area contributed by atoms with Crippen molar-refractivity contribution in [3.05, 3.63) is 22.4 Å². The highest BCUT2D eigenvalue weighted by atomic mass is 32.1. The fraction of sp³-hybridized carbons (Fsp3) is 0.615. The van der Waals surface area contributed by atoms with Crippen LogP contribution in [0.25, 0.3) is 0 Å². The molecule has 3 heteroatoms. The Morgan fingerprint density at radius 2 is 2.12 bits per heavy atom. The van der Waals surface area contributed by atoms with Crippen molar-refractivity contribution in [2.45, 2.75) is 45.6 Å². The van der Waals surface area contributed by atoms with E-state index < -0.39 is 0 Å². The predicted molar refractivity (Wildman–Crippen MR) is 67.8 cm³/mol. The van der Waals surface area contributed by atoms with Gasteiger partial charge in [-0.05, 0) is 42.5 Å². The van der Waals surface area contributed by atoms with Crippen molar-refractivity contribution in [1.29, 1.82) is 0 Å². The molecule has 1 saturated carbocycles. The van der Waals surface area contributed by atoms with Crippen LogP contribution in [-0.4, -0.2) is 11.9 Å². The van der Waals surface area contributed by atoms with Crippen molar-refractivity contribution in [1.82, 2.24) is 5.32 Å². The van der Waals surface area contributed by atoms with Gasteiger partial charge in [-0.1, -0.05) is 19.9 Å². The minimum atomic E-state index is 0.0970. The van der Waals surface area contributed by atoms with Gasteiger partial charge in [0.05, 0.1) is 4.88 Å². The molecule has 1 amide bonds. The Kier molecular flexibility index (Phi) is 3.33. The van der Waals surface area contributed by atoms with E-state index in [-0.39, 0.29) is 5.91 Å². The minimum Gasteiger partial charge on any atom is -0.349 e. The minimum absolute atomic E-state index is 0.0970. The molecule has 0 atom stereocenters. The number of hydrogen-bond acceptors (Lipinski definition) is 2. The maximum Gasteiger partial charge on any atom is 0.261 e. The van der Waals surface area contributed by atoms with Gasteiger partial charge in [-0.25, -0.2) is 0 Å². The van der Waals surface area contributed by atoms with Crippen LogP contribution in [0.4, 0.5) is 0 Å². The first-order valence-corrected chi connectivity index (χ1v) is 6.79. The standard InChI is InChI=1S/C13H19NOS/c1-13(2)7-5-10(6-8-13)14-12(15)11-4-3-9-16-11/h3-4,9-10H,5-8H2,1-2H3,(H,14,15). The van der Waals surface area contributed by atoms with E-state index in [0.717, 1.165) is 17.7 Å². The van der Waals surface area contributed by atoms with Crippen molar-refractivity contribution < 1.29 is 4.79 Å². The maximum atomic E-state index is 11.8. The van der Waals surface area contributed by atoms with Gasteiger partial charge in [0.1, 0.15) is 0 Å². The van der Waals surface area contributed by atoms with Gasteiger partial charge in [0.25, 0.3) is 5.91 Å². The Labute approximate surface area is 101 Å². The molecule has 16 heavy (non-hydrogen) atoms. The Morgan fingerprint density at radius 1 is 1.44 bits per heavy atom. The molecule has 1 heterocycles. The number of hydrogen-bond donors (Lipinski definition) is 1. The van der Waals surface area contributed by atoms with Crippen LogP contribution in [0, 0.1) is 5.41 Å². The lowest BCUT2D eigenvalue weighted by atomic mass is 9.75. The summed E-state index contributed by atoms with van der Waals surface area (Å²) in [6.07, 6.45) is 4.65. The monoisotopic (exact) mass is 237 g/mol. The highest BCUT2D eigenvalue weighted by Crippen LogP contribution is 2.35. The zero-order valence-electron chi connectivity index (χ0n) is 9.95. The number of carbonyl (C=O) groups is 1. The molecule has 1 aliphatic rings. The van der Waals surface area contributed by atoms with Gasteiger partial charge in [-0.15, -0.1) is 11.3 Å². The molecule has 0 saturated heterocycles. The first kappa shape index (κ1) is 11.6. The largest absolute Gasteiger partial charge is 0.349 e. The van der Waals surface area contributed by atoms with Gasteiger partial charge in [0.15, 0.2) is 0 Å². The highest BCUT2D eigenvalue weighted by Gasteiger charge is 2.27. The molecule has 1 aliphatic carbocycles.